The summed E-state index contributed by atoms with van der Waals surface area (Å²) in [6, 6.07) is -0.344. The van der Waals surface area contributed by atoms with E-state index in [1.807, 2.05) is 12.3 Å². The summed E-state index contributed by atoms with van der Waals surface area (Å²) in [5.41, 5.74) is 0. The van der Waals surface area contributed by atoms with Crippen LogP contribution in [0.25, 0.3) is 0 Å². The summed E-state index contributed by atoms with van der Waals surface area (Å²) in [6.07, 6.45) is 4.81. The first-order valence-electron chi connectivity index (χ1n) is 5.98. The van der Waals surface area contributed by atoms with E-state index in [1.165, 1.54) is 23.7 Å². The lowest BCUT2D eigenvalue weighted by atomic mass is 10.3. The van der Waals surface area contributed by atoms with Crippen LogP contribution in [0.1, 0.15) is 24.4 Å². The van der Waals surface area contributed by atoms with Crippen LogP contribution in [0.3, 0.4) is 0 Å². The number of nitrogens with one attached hydrogen (secondary N) is 2. The van der Waals surface area contributed by atoms with E-state index in [2.05, 4.69) is 25.0 Å². The SMILES string of the molecule is CCC(NS(=O)(=O)c1cnc(NC)nc1)c1nccs1. The number of aromatic nitrogens is 3. The van der Waals surface area contributed by atoms with Crippen molar-refractivity contribution < 1.29 is 8.42 Å². The highest BCUT2D eigenvalue weighted by atomic mass is 32.2. The molecule has 0 fully saturated rings. The molecule has 2 rings (SSSR count). The molecular formula is C11H15N5O2S2. The molecule has 0 spiro atoms. The fourth-order valence-electron chi connectivity index (χ4n) is 1.55. The average Bonchev–Trinajstić information content (AvgIpc) is 2.99. The third-order valence-corrected chi connectivity index (χ3v) is 4.93. The normalized spacial score (nSPS) is 13.1. The van der Waals surface area contributed by atoms with Crippen molar-refractivity contribution in [1.82, 2.24) is 19.7 Å². The van der Waals surface area contributed by atoms with Gasteiger partial charge in [-0.2, -0.15) is 0 Å². The van der Waals surface area contributed by atoms with Crippen molar-refractivity contribution in [3.05, 3.63) is 29.0 Å². The van der Waals surface area contributed by atoms with E-state index in [0.29, 0.717) is 12.4 Å². The highest BCUT2D eigenvalue weighted by Crippen LogP contribution is 2.21. The first kappa shape index (κ1) is 14.8. The Morgan fingerprint density at radius 1 is 1.30 bits per heavy atom. The zero-order valence-electron chi connectivity index (χ0n) is 11.1. The molecule has 0 saturated carbocycles. The molecule has 2 aromatic heterocycles. The standard InChI is InChI=1S/C11H15N5O2S2/c1-3-9(10-13-4-5-19-10)16-20(17,18)8-6-14-11(12-2)15-7-8/h4-7,9,16H,3H2,1-2H3,(H,12,14,15). The Kier molecular flexibility index (Phi) is 4.63. The number of hydrogen-bond donors (Lipinski definition) is 2. The molecule has 0 aliphatic heterocycles. The van der Waals surface area contributed by atoms with Crippen molar-refractivity contribution in [1.29, 1.82) is 0 Å². The van der Waals surface area contributed by atoms with Gasteiger partial charge in [-0.15, -0.1) is 11.3 Å². The van der Waals surface area contributed by atoms with Gasteiger partial charge in [0.1, 0.15) is 9.90 Å². The molecule has 20 heavy (non-hydrogen) atoms. The molecule has 108 valence electrons. The van der Waals surface area contributed by atoms with Gasteiger partial charge < -0.3 is 5.32 Å². The van der Waals surface area contributed by atoms with Crippen LogP contribution in [0, 0.1) is 0 Å². The van der Waals surface area contributed by atoms with Crippen molar-refractivity contribution in [3.8, 4) is 0 Å². The summed E-state index contributed by atoms with van der Waals surface area (Å²) in [6.45, 7) is 1.90. The fourth-order valence-corrected chi connectivity index (χ4v) is 3.57. The molecule has 2 N–H and O–H groups in total. The van der Waals surface area contributed by atoms with Crippen molar-refractivity contribution >= 4 is 27.3 Å². The number of anilines is 1. The van der Waals surface area contributed by atoms with Gasteiger partial charge in [-0.1, -0.05) is 6.92 Å². The van der Waals surface area contributed by atoms with Crippen molar-refractivity contribution in [2.24, 2.45) is 0 Å². The Labute approximate surface area is 121 Å². The third kappa shape index (κ3) is 3.30. The largest absolute Gasteiger partial charge is 0.357 e. The van der Waals surface area contributed by atoms with E-state index in [0.717, 1.165) is 5.01 Å². The van der Waals surface area contributed by atoms with Gasteiger partial charge in [0.05, 0.1) is 18.4 Å². The Bertz CT molecular complexity index is 640. The van der Waals surface area contributed by atoms with E-state index in [-0.39, 0.29) is 10.9 Å². The minimum Gasteiger partial charge on any atom is -0.357 e. The summed E-state index contributed by atoms with van der Waals surface area (Å²) in [5, 5.41) is 5.29. The maximum absolute atomic E-state index is 12.3. The van der Waals surface area contributed by atoms with Crippen molar-refractivity contribution in [3.63, 3.8) is 0 Å². The van der Waals surface area contributed by atoms with E-state index in [4.69, 9.17) is 0 Å². The molecule has 2 aromatic rings. The lowest BCUT2D eigenvalue weighted by Crippen LogP contribution is -2.28. The zero-order chi connectivity index (χ0) is 14.6. The maximum Gasteiger partial charge on any atom is 0.244 e. The number of thiazole rings is 1. The molecular weight excluding hydrogens is 298 g/mol. The maximum atomic E-state index is 12.3. The Balaban J connectivity index is 2.21. The van der Waals surface area contributed by atoms with Gasteiger partial charge in [0.25, 0.3) is 0 Å². The van der Waals surface area contributed by atoms with Crippen molar-refractivity contribution in [2.75, 3.05) is 12.4 Å². The second kappa shape index (κ2) is 6.25. The summed E-state index contributed by atoms with van der Waals surface area (Å²) in [7, 11) is -1.99. The van der Waals surface area contributed by atoms with Gasteiger partial charge >= 0.3 is 0 Å². The van der Waals surface area contributed by atoms with Gasteiger partial charge in [-0.05, 0) is 6.42 Å². The highest BCUT2D eigenvalue weighted by Gasteiger charge is 2.22. The number of nitrogens with zero attached hydrogens (tertiary/aromatic N) is 3. The molecule has 0 aliphatic rings. The Morgan fingerprint density at radius 3 is 2.50 bits per heavy atom. The Hall–Kier alpha value is -1.58. The molecule has 0 aliphatic carbocycles. The first-order chi connectivity index (χ1) is 9.56. The van der Waals surface area contributed by atoms with Crippen LogP contribution in [0.4, 0.5) is 5.95 Å². The van der Waals surface area contributed by atoms with Crippen LogP contribution in [-0.2, 0) is 10.0 Å². The van der Waals surface area contributed by atoms with Crippen LogP contribution in [-0.4, -0.2) is 30.4 Å². The van der Waals surface area contributed by atoms with Crippen LogP contribution in [0.15, 0.2) is 28.9 Å². The monoisotopic (exact) mass is 313 g/mol. The number of sulfonamides is 1. The van der Waals surface area contributed by atoms with E-state index in [1.54, 1.807) is 13.2 Å². The minimum absolute atomic E-state index is 0.0338. The molecule has 1 atom stereocenters. The Morgan fingerprint density at radius 2 is 2.00 bits per heavy atom. The van der Waals surface area contributed by atoms with Crippen LogP contribution < -0.4 is 10.0 Å². The summed E-state index contributed by atoms with van der Waals surface area (Å²) in [4.78, 5) is 12.0. The molecule has 0 saturated heterocycles. The van der Waals surface area contributed by atoms with E-state index >= 15 is 0 Å². The average molecular weight is 313 g/mol. The summed E-state index contributed by atoms with van der Waals surface area (Å²) < 4.78 is 27.1. The van der Waals surface area contributed by atoms with Gasteiger partial charge in [-0.3, -0.25) is 0 Å². The molecule has 1 unspecified atom stereocenters. The lowest BCUT2D eigenvalue weighted by Gasteiger charge is -2.14. The smallest absolute Gasteiger partial charge is 0.244 e. The predicted octanol–water partition coefficient (Wildman–Crippen LogP) is 1.40. The summed E-state index contributed by atoms with van der Waals surface area (Å²) in [5.74, 6) is 0.371. The number of rotatable bonds is 6. The minimum atomic E-state index is -3.66. The third-order valence-electron chi connectivity index (χ3n) is 2.62. The van der Waals surface area contributed by atoms with Gasteiger partial charge in [0, 0.05) is 18.6 Å². The molecule has 0 amide bonds. The molecule has 2 heterocycles. The molecule has 0 bridgehead atoms. The quantitative estimate of drug-likeness (QED) is 0.837. The van der Waals surface area contributed by atoms with Crippen LogP contribution in [0.2, 0.25) is 0 Å². The molecule has 7 nitrogen and oxygen atoms in total. The first-order valence-corrected chi connectivity index (χ1v) is 8.34. The second-order valence-corrected chi connectivity index (χ2v) is 6.58. The fraction of sp³-hybridized carbons (Fsp3) is 0.364. The van der Waals surface area contributed by atoms with Crippen LogP contribution >= 0.6 is 11.3 Å². The van der Waals surface area contributed by atoms with E-state index in [9.17, 15) is 8.42 Å². The van der Waals surface area contributed by atoms with Crippen molar-refractivity contribution in [2.45, 2.75) is 24.3 Å². The predicted molar refractivity (Wildman–Crippen MR) is 77.0 cm³/mol. The number of hydrogen-bond acceptors (Lipinski definition) is 7. The highest BCUT2D eigenvalue weighted by molar-refractivity contribution is 7.89. The van der Waals surface area contributed by atoms with Crippen LogP contribution in [0.5, 0.6) is 0 Å². The summed E-state index contributed by atoms with van der Waals surface area (Å²) >= 11 is 1.42. The topological polar surface area (TPSA) is 96.9 Å². The van der Waals surface area contributed by atoms with Gasteiger partial charge in [-0.25, -0.2) is 28.1 Å². The molecule has 0 radical (unpaired) electrons. The molecule has 9 heteroatoms. The van der Waals surface area contributed by atoms with E-state index < -0.39 is 10.0 Å². The van der Waals surface area contributed by atoms with Gasteiger partial charge in [0.15, 0.2) is 0 Å². The molecule has 0 aromatic carbocycles. The lowest BCUT2D eigenvalue weighted by molar-refractivity contribution is 0.548. The zero-order valence-corrected chi connectivity index (χ0v) is 12.7. The van der Waals surface area contributed by atoms with Gasteiger partial charge in [0.2, 0.25) is 16.0 Å². The second-order valence-electron chi connectivity index (χ2n) is 3.94.